The second-order valence-electron chi connectivity index (χ2n) is 6.95. The number of halogens is 3. The van der Waals surface area contributed by atoms with Gasteiger partial charge in [0.25, 0.3) is 0 Å². The number of hydrogen-bond donors (Lipinski definition) is 1. The summed E-state index contributed by atoms with van der Waals surface area (Å²) in [6, 6.07) is 15.1. The maximum absolute atomic E-state index is 13.0. The first-order valence-electron chi connectivity index (χ1n) is 8.98. The maximum atomic E-state index is 13.0. The average molecular weight is 384 g/mol. The van der Waals surface area contributed by atoms with Crippen molar-refractivity contribution in [1.82, 2.24) is 9.97 Å². The van der Waals surface area contributed by atoms with E-state index in [4.69, 9.17) is 0 Å². The topological polar surface area (TPSA) is 41.1 Å². The summed E-state index contributed by atoms with van der Waals surface area (Å²) in [6.07, 6.45) is -3.50. The molecular weight excluding hydrogens is 365 g/mol. The van der Waals surface area contributed by atoms with Crippen LogP contribution in [0.2, 0.25) is 0 Å². The van der Waals surface area contributed by atoms with Crippen LogP contribution in [-0.2, 0) is 12.6 Å². The highest BCUT2D eigenvalue weighted by Crippen LogP contribution is 2.37. The van der Waals surface area contributed by atoms with E-state index in [0.717, 1.165) is 29.9 Å². The lowest BCUT2D eigenvalue weighted by Gasteiger charge is -2.23. The van der Waals surface area contributed by atoms with E-state index < -0.39 is 11.7 Å². The second-order valence-corrected chi connectivity index (χ2v) is 6.95. The summed E-state index contributed by atoms with van der Waals surface area (Å²) in [5.41, 5.74) is 2.65. The predicted octanol–water partition coefficient (Wildman–Crippen LogP) is 5.63. The van der Waals surface area contributed by atoms with Gasteiger partial charge >= 0.3 is 6.18 Å². The number of aromatic nitrogens is 2. The molecule has 7 heteroatoms. The lowest BCUT2D eigenvalue weighted by molar-refractivity contribution is -0.137. The lowest BCUT2D eigenvalue weighted by atomic mass is 10.1. The van der Waals surface area contributed by atoms with Gasteiger partial charge in [-0.2, -0.15) is 18.2 Å². The monoisotopic (exact) mass is 384 g/mol. The van der Waals surface area contributed by atoms with Crippen molar-refractivity contribution in [3.8, 4) is 0 Å². The Hall–Kier alpha value is -3.09. The molecule has 1 N–H and O–H groups in total. The normalized spacial score (nSPS) is 16.2. The average Bonchev–Trinajstić information content (AvgIpc) is 2.96. The first-order chi connectivity index (χ1) is 13.3. The first kappa shape index (κ1) is 18.3. The smallest absolute Gasteiger partial charge is 0.340 e. The molecule has 2 heterocycles. The van der Waals surface area contributed by atoms with E-state index in [2.05, 4.69) is 33.2 Å². The molecule has 0 aliphatic carbocycles. The molecule has 4 nitrogen and oxygen atoms in total. The number of para-hydroxylation sites is 1. The molecule has 2 aromatic carbocycles. The van der Waals surface area contributed by atoms with Gasteiger partial charge in [0.2, 0.25) is 5.95 Å². The van der Waals surface area contributed by atoms with Gasteiger partial charge in [-0.05, 0) is 50.1 Å². The van der Waals surface area contributed by atoms with Crippen LogP contribution in [0, 0.1) is 6.92 Å². The number of hydrogen-bond acceptors (Lipinski definition) is 4. The summed E-state index contributed by atoms with van der Waals surface area (Å²) in [5.74, 6) is 0.991. The van der Waals surface area contributed by atoms with Crippen LogP contribution in [0.5, 0.6) is 0 Å². The largest absolute Gasteiger partial charge is 0.416 e. The van der Waals surface area contributed by atoms with E-state index in [-0.39, 0.29) is 6.04 Å². The molecule has 0 fully saturated rings. The molecule has 0 saturated heterocycles. The van der Waals surface area contributed by atoms with Crippen LogP contribution in [0.3, 0.4) is 0 Å². The van der Waals surface area contributed by atoms with Crippen LogP contribution in [0.1, 0.15) is 23.7 Å². The number of benzene rings is 2. The fourth-order valence-corrected chi connectivity index (χ4v) is 3.52. The zero-order valence-electron chi connectivity index (χ0n) is 15.5. The fraction of sp³-hybridized carbons (Fsp3) is 0.238. The summed E-state index contributed by atoms with van der Waals surface area (Å²) in [7, 11) is 0. The van der Waals surface area contributed by atoms with Crippen LogP contribution < -0.4 is 10.2 Å². The number of nitrogens with one attached hydrogen (secondary N) is 1. The molecule has 28 heavy (non-hydrogen) atoms. The zero-order chi connectivity index (χ0) is 19.9. The highest BCUT2D eigenvalue weighted by molar-refractivity contribution is 5.68. The maximum Gasteiger partial charge on any atom is 0.416 e. The van der Waals surface area contributed by atoms with Gasteiger partial charge in [0.05, 0.1) is 5.56 Å². The van der Waals surface area contributed by atoms with Gasteiger partial charge in [-0.1, -0.05) is 24.3 Å². The third-order valence-corrected chi connectivity index (χ3v) is 4.73. The summed E-state index contributed by atoms with van der Waals surface area (Å²) in [5, 5.41) is 2.98. The fourth-order valence-electron chi connectivity index (χ4n) is 3.52. The Labute approximate surface area is 161 Å². The SMILES string of the molecule is Cc1cc(Nc2cccc(C(F)(F)F)c2)nc(N2c3ccccc3CC2C)n1. The molecule has 0 spiro atoms. The van der Waals surface area contributed by atoms with E-state index in [9.17, 15) is 13.2 Å². The van der Waals surface area contributed by atoms with Crippen LogP contribution in [0.4, 0.5) is 36.3 Å². The molecule has 0 amide bonds. The summed E-state index contributed by atoms with van der Waals surface area (Å²) in [4.78, 5) is 11.2. The van der Waals surface area contributed by atoms with Crippen molar-refractivity contribution in [2.45, 2.75) is 32.5 Å². The Morgan fingerprint density at radius 3 is 2.61 bits per heavy atom. The van der Waals surface area contributed by atoms with E-state index in [1.54, 1.807) is 12.1 Å². The van der Waals surface area contributed by atoms with Gasteiger partial charge in [-0.3, -0.25) is 0 Å². The molecule has 0 saturated carbocycles. The minimum Gasteiger partial charge on any atom is -0.340 e. The highest BCUT2D eigenvalue weighted by atomic mass is 19.4. The molecule has 3 aromatic rings. The van der Waals surface area contributed by atoms with Gasteiger partial charge < -0.3 is 10.2 Å². The number of rotatable bonds is 3. The zero-order valence-corrected chi connectivity index (χ0v) is 15.5. The second kappa shape index (κ2) is 6.82. The summed E-state index contributed by atoms with van der Waals surface area (Å²) < 4.78 is 38.9. The molecule has 1 aliphatic rings. The van der Waals surface area contributed by atoms with Crippen LogP contribution >= 0.6 is 0 Å². The van der Waals surface area contributed by atoms with Crippen molar-refractivity contribution in [1.29, 1.82) is 0 Å². The van der Waals surface area contributed by atoms with Crippen molar-refractivity contribution in [3.05, 3.63) is 71.4 Å². The first-order valence-corrected chi connectivity index (χ1v) is 8.98. The number of alkyl halides is 3. The lowest BCUT2D eigenvalue weighted by Crippen LogP contribution is -2.26. The Bertz CT molecular complexity index is 1020. The quantitative estimate of drug-likeness (QED) is 0.635. The Morgan fingerprint density at radius 1 is 1.04 bits per heavy atom. The predicted molar refractivity (Wildman–Crippen MR) is 103 cm³/mol. The van der Waals surface area contributed by atoms with Gasteiger partial charge in [-0.25, -0.2) is 4.98 Å². The van der Waals surface area contributed by atoms with Crippen molar-refractivity contribution in [2.24, 2.45) is 0 Å². The Balaban J connectivity index is 1.67. The molecule has 0 radical (unpaired) electrons. The van der Waals surface area contributed by atoms with E-state index >= 15 is 0 Å². The van der Waals surface area contributed by atoms with Crippen LogP contribution in [-0.4, -0.2) is 16.0 Å². The molecule has 0 bridgehead atoms. The van der Waals surface area contributed by atoms with Crippen molar-refractivity contribution >= 4 is 23.1 Å². The minimum absolute atomic E-state index is 0.195. The van der Waals surface area contributed by atoms with Crippen molar-refractivity contribution in [2.75, 3.05) is 10.2 Å². The number of fused-ring (bicyclic) bond motifs is 1. The van der Waals surface area contributed by atoms with Crippen molar-refractivity contribution < 1.29 is 13.2 Å². The molecular formula is C21H19F3N4. The van der Waals surface area contributed by atoms with E-state index in [1.807, 2.05) is 25.1 Å². The summed E-state index contributed by atoms with van der Waals surface area (Å²) in [6.45, 7) is 3.95. The highest BCUT2D eigenvalue weighted by Gasteiger charge is 2.31. The third-order valence-electron chi connectivity index (χ3n) is 4.73. The molecule has 4 rings (SSSR count). The van der Waals surface area contributed by atoms with Crippen molar-refractivity contribution in [3.63, 3.8) is 0 Å². The molecule has 1 unspecified atom stereocenters. The number of aryl methyl sites for hydroxylation is 1. The van der Waals surface area contributed by atoms with Gasteiger partial charge in [0.1, 0.15) is 5.82 Å². The molecule has 1 aromatic heterocycles. The van der Waals surface area contributed by atoms with E-state index in [0.29, 0.717) is 17.5 Å². The standard InChI is InChI=1S/C21H19F3N4/c1-13-10-19(26-17-8-5-7-16(12-17)21(22,23)24)27-20(25-13)28-14(2)11-15-6-3-4-9-18(15)28/h3-10,12,14H,11H2,1-2H3,(H,25,26,27). The molecule has 1 atom stereocenters. The van der Waals surface area contributed by atoms with Crippen LogP contribution in [0.15, 0.2) is 54.6 Å². The van der Waals surface area contributed by atoms with E-state index in [1.165, 1.54) is 11.6 Å². The van der Waals surface area contributed by atoms with Crippen LogP contribution in [0.25, 0.3) is 0 Å². The Morgan fingerprint density at radius 2 is 1.82 bits per heavy atom. The van der Waals surface area contributed by atoms with Gasteiger partial charge in [-0.15, -0.1) is 0 Å². The number of nitrogens with zero attached hydrogens (tertiary/aromatic N) is 3. The number of anilines is 4. The molecule has 144 valence electrons. The van der Waals surface area contributed by atoms with Gasteiger partial charge in [0.15, 0.2) is 0 Å². The Kier molecular flexibility index (Phi) is 4.45. The third kappa shape index (κ3) is 3.52. The summed E-state index contributed by atoms with van der Waals surface area (Å²) >= 11 is 0. The molecule has 1 aliphatic heterocycles. The van der Waals surface area contributed by atoms with Gasteiger partial charge in [0, 0.05) is 29.2 Å². The minimum atomic E-state index is -4.39.